The van der Waals surface area contributed by atoms with E-state index in [2.05, 4.69) is 10.3 Å². The predicted octanol–water partition coefficient (Wildman–Crippen LogP) is 2.82. The number of primary amides is 1. The van der Waals surface area contributed by atoms with Crippen LogP contribution >= 0.6 is 11.6 Å². The van der Waals surface area contributed by atoms with Gasteiger partial charge in [0.15, 0.2) is 11.6 Å². The summed E-state index contributed by atoms with van der Waals surface area (Å²) in [5.74, 6) is 0.212. The summed E-state index contributed by atoms with van der Waals surface area (Å²) in [5, 5.41) is 7.78. The fourth-order valence-electron chi connectivity index (χ4n) is 4.88. The lowest BCUT2D eigenvalue weighted by Gasteiger charge is -2.32. The number of benzene rings is 1. The first-order chi connectivity index (χ1) is 18.8. The molecule has 1 saturated carbocycles. The molecule has 1 aliphatic carbocycles. The topological polar surface area (TPSA) is 145 Å². The summed E-state index contributed by atoms with van der Waals surface area (Å²) < 4.78 is 7.03. The third kappa shape index (κ3) is 6.91. The Kier molecular flexibility index (Phi) is 9.13. The van der Waals surface area contributed by atoms with Gasteiger partial charge in [0.2, 0.25) is 17.7 Å². The molecule has 1 atom stereocenters. The molecule has 0 spiro atoms. The average Bonchev–Trinajstić information content (AvgIpc) is 3.59. The molecule has 0 radical (unpaired) electrons. The minimum Gasteiger partial charge on any atom is -0.495 e. The number of carbonyl (C=O) groups excluding carboxylic acids is 3. The second-order valence-corrected chi connectivity index (χ2v) is 9.87. The third-order valence-corrected chi connectivity index (χ3v) is 7.00. The van der Waals surface area contributed by atoms with Gasteiger partial charge in [-0.1, -0.05) is 24.4 Å². The smallest absolute Gasteiger partial charge is 0.245 e. The van der Waals surface area contributed by atoms with Crippen LogP contribution in [0.25, 0.3) is 22.8 Å². The van der Waals surface area contributed by atoms with Gasteiger partial charge in [0.05, 0.1) is 25.1 Å². The van der Waals surface area contributed by atoms with Crippen molar-refractivity contribution in [3.63, 3.8) is 0 Å². The van der Waals surface area contributed by atoms with Crippen molar-refractivity contribution in [1.82, 2.24) is 30.0 Å². The van der Waals surface area contributed by atoms with Gasteiger partial charge < -0.3 is 20.7 Å². The van der Waals surface area contributed by atoms with E-state index in [-0.39, 0.29) is 18.4 Å². The molecule has 3 aromatic rings. The predicted molar refractivity (Wildman–Crippen MR) is 146 cm³/mol. The van der Waals surface area contributed by atoms with E-state index in [1.807, 2.05) is 18.2 Å². The van der Waals surface area contributed by atoms with Crippen LogP contribution in [0.5, 0.6) is 5.75 Å². The first-order valence-electron chi connectivity index (χ1n) is 12.8. The van der Waals surface area contributed by atoms with Gasteiger partial charge in [-0.3, -0.25) is 19.4 Å². The number of pyridine rings is 1. The highest BCUT2D eigenvalue weighted by Crippen LogP contribution is 2.31. The molecule has 2 aromatic heterocycles. The van der Waals surface area contributed by atoms with Crippen LogP contribution in [-0.2, 0) is 20.9 Å². The number of aromatic nitrogens is 4. The second-order valence-electron chi connectivity index (χ2n) is 9.46. The fourth-order valence-corrected chi connectivity index (χ4v) is 5.14. The molecular formula is C27H32ClN7O4. The average molecular weight is 554 g/mol. The van der Waals surface area contributed by atoms with Crippen molar-refractivity contribution >= 4 is 29.3 Å². The zero-order chi connectivity index (χ0) is 27.9. The zero-order valence-corrected chi connectivity index (χ0v) is 22.7. The summed E-state index contributed by atoms with van der Waals surface area (Å²) in [6.45, 7) is 1.93. The number of hydrogen-bond donors (Lipinski definition) is 2. The lowest BCUT2D eigenvalue weighted by molar-refractivity contribution is -0.140. The van der Waals surface area contributed by atoms with Crippen LogP contribution in [0.1, 0.15) is 39.0 Å². The maximum Gasteiger partial charge on any atom is 0.245 e. The van der Waals surface area contributed by atoms with E-state index in [0.29, 0.717) is 35.5 Å². The summed E-state index contributed by atoms with van der Waals surface area (Å²) >= 11 is 6.41. The van der Waals surface area contributed by atoms with Gasteiger partial charge in [-0.05, 0) is 43.2 Å². The fraction of sp³-hybridized carbons (Fsp3) is 0.407. The molecule has 1 fully saturated rings. The monoisotopic (exact) mass is 553 g/mol. The highest BCUT2D eigenvalue weighted by molar-refractivity contribution is 6.32. The van der Waals surface area contributed by atoms with E-state index in [0.717, 1.165) is 36.8 Å². The van der Waals surface area contributed by atoms with Crippen molar-refractivity contribution in [2.24, 2.45) is 5.73 Å². The molecule has 2 heterocycles. The van der Waals surface area contributed by atoms with Crippen molar-refractivity contribution in [3.8, 4) is 28.5 Å². The lowest BCUT2D eigenvalue weighted by atomic mass is 10.1. The Morgan fingerprint density at radius 2 is 1.90 bits per heavy atom. The van der Waals surface area contributed by atoms with Crippen LogP contribution in [0.4, 0.5) is 0 Å². The molecule has 0 unspecified atom stereocenters. The Morgan fingerprint density at radius 1 is 1.18 bits per heavy atom. The standard InChI is InChI=1S/C27H32ClN7O4/c1-17(36)31-22(16-24(29)37)27(38)34(20-5-3-4-6-20)13-14-35-26(19-7-8-23(39-2)21(28)15-19)32-25(33-35)18-9-11-30-12-10-18/h7-12,15,20,22H,3-6,13-14,16H2,1-2H3,(H2,29,37)(H,31,36)/t22-/m0/s1. The first kappa shape index (κ1) is 28.0. The Labute approximate surface area is 231 Å². The maximum atomic E-state index is 13.6. The van der Waals surface area contributed by atoms with Gasteiger partial charge in [0.1, 0.15) is 11.8 Å². The van der Waals surface area contributed by atoms with Gasteiger partial charge in [-0.2, -0.15) is 5.10 Å². The third-order valence-electron chi connectivity index (χ3n) is 6.70. The van der Waals surface area contributed by atoms with Gasteiger partial charge in [0.25, 0.3) is 0 Å². The van der Waals surface area contributed by atoms with Crippen LogP contribution < -0.4 is 15.8 Å². The number of ether oxygens (including phenoxy) is 1. The summed E-state index contributed by atoms with van der Waals surface area (Å²) in [6, 6.07) is 7.98. The van der Waals surface area contributed by atoms with Gasteiger partial charge in [-0.15, -0.1) is 0 Å². The minimum absolute atomic E-state index is 0.0105. The molecule has 0 bridgehead atoms. The largest absolute Gasteiger partial charge is 0.495 e. The van der Waals surface area contributed by atoms with Gasteiger partial charge in [-0.25, -0.2) is 9.67 Å². The molecule has 206 valence electrons. The van der Waals surface area contributed by atoms with Crippen LogP contribution in [0.15, 0.2) is 42.7 Å². The number of halogens is 1. The molecule has 0 saturated heterocycles. The highest BCUT2D eigenvalue weighted by Gasteiger charge is 2.33. The molecule has 3 N–H and O–H groups in total. The van der Waals surface area contributed by atoms with Crippen molar-refractivity contribution in [2.45, 2.75) is 57.7 Å². The number of carbonyl (C=O) groups is 3. The molecule has 4 rings (SSSR count). The van der Waals surface area contributed by atoms with Crippen LogP contribution in [0, 0.1) is 0 Å². The molecule has 11 nitrogen and oxygen atoms in total. The maximum absolute atomic E-state index is 13.6. The van der Waals surface area contributed by atoms with Crippen molar-refractivity contribution < 1.29 is 19.1 Å². The first-order valence-corrected chi connectivity index (χ1v) is 13.2. The number of nitrogens with one attached hydrogen (secondary N) is 1. The van der Waals surface area contributed by atoms with Gasteiger partial charge in [0, 0.05) is 43.0 Å². The van der Waals surface area contributed by atoms with Crippen molar-refractivity contribution in [1.29, 1.82) is 0 Å². The number of hydrogen-bond acceptors (Lipinski definition) is 7. The van der Waals surface area contributed by atoms with E-state index in [9.17, 15) is 14.4 Å². The minimum atomic E-state index is -1.02. The molecule has 1 aromatic carbocycles. The Bertz CT molecular complexity index is 1310. The number of rotatable bonds is 11. The molecule has 1 aliphatic rings. The quantitative estimate of drug-likeness (QED) is 0.371. The van der Waals surface area contributed by atoms with Crippen LogP contribution in [-0.4, -0.2) is 68.1 Å². The summed E-state index contributed by atoms with van der Waals surface area (Å²) in [7, 11) is 1.55. The summed E-state index contributed by atoms with van der Waals surface area (Å²) in [5.41, 5.74) is 6.92. The van der Waals surface area contributed by atoms with Crippen molar-refractivity contribution in [3.05, 3.63) is 47.7 Å². The molecule has 39 heavy (non-hydrogen) atoms. The number of nitrogens with two attached hydrogens (primary N) is 1. The summed E-state index contributed by atoms with van der Waals surface area (Å²) in [6.07, 6.45) is 6.75. The lowest BCUT2D eigenvalue weighted by Crippen LogP contribution is -2.53. The SMILES string of the molecule is COc1ccc(-c2nc(-c3ccncc3)nn2CCN(C(=O)[C@H](CC(N)=O)NC(C)=O)C2CCCC2)cc1Cl. The Hall–Kier alpha value is -3.99. The van der Waals surface area contributed by atoms with E-state index >= 15 is 0 Å². The Morgan fingerprint density at radius 3 is 2.51 bits per heavy atom. The van der Waals surface area contributed by atoms with Crippen LogP contribution in [0.2, 0.25) is 5.02 Å². The molecular weight excluding hydrogens is 522 g/mol. The second kappa shape index (κ2) is 12.7. The number of methoxy groups -OCH3 is 1. The normalized spacial score (nSPS) is 14.1. The van der Waals surface area contributed by atoms with Gasteiger partial charge >= 0.3 is 0 Å². The molecule has 0 aliphatic heterocycles. The molecule has 3 amide bonds. The van der Waals surface area contributed by atoms with Crippen molar-refractivity contribution in [2.75, 3.05) is 13.7 Å². The Balaban J connectivity index is 1.67. The van der Waals surface area contributed by atoms with E-state index in [4.69, 9.17) is 32.2 Å². The molecule has 12 heteroatoms. The summed E-state index contributed by atoms with van der Waals surface area (Å²) in [4.78, 5) is 47.7. The number of amides is 3. The zero-order valence-electron chi connectivity index (χ0n) is 22.0. The van der Waals surface area contributed by atoms with Crippen LogP contribution in [0.3, 0.4) is 0 Å². The van der Waals surface area contributed by atoms with E-state index < -0.39 is 17.9 Å². The highest BCUT2D eigenvalue weighted by atomic mass is 35.5. The van der Waals surface area contributed by atoms with E-state index in [1.54, 1.807) is 41.2 Å². The number of nitrogens with zero attached hydrogens (tertiary/aromatic N) is 5. The van der Waals surface area contributed by atoms with E-state index in [1.165, 1.54) is 6.92 Å².